The van der Waals surface area contributed by atoms with E-state index in [1.807, 2.05) is 54.6 Å². The standard InChI is InChI=1S/C25H32N2O4/c1-24(2,3)19-10-12-21(13-11-19)31-17-20(28)16-27-22(29)25(4,26-23(27)30)15-14-18-8-6-5-7-9-18/h5-13,20,28H,14-17H2,1-4H3,(H,26,30)/t20-,25-/m0/s1. The van der Waals surface area contributed by atoms with Crippen LogP contribution in [0.3, 0.4) is 0 Å². The molecule has 1 saturated heterocycles. The molecule has 0 unspecified atom stereocenters. The number of ether oxygens (including phenoxy) is 1. The SMILES string of the molecule is CC(C)(C)c1ccc(OC[C@@H](O)CN2C(=O)N[C@@](C)(CCc3ccccc3)C2=O)cc1. The molecule has 1 fully saturated rings. The lowest BCUT2D eigenvalue weighted by molar-refractivity contribution is -0.132. The van der Waals surface area contributed by atoms with E-state index in [1.54, 1.807) is 6.92 Å². The van der Waals surface area contributed by atoms with Crippen LogP contribution in [0, 0.1) is 0 Å². The van der Waals surface area contributed by atoms with E-state index in [-0.39, 0.29) is 24.5 Å². The number of amides is 3. The molecule has 1 aliphatic heterocycles. The van der Waals surface area contributed by atoms with Crippen LogP contribution in [0.1, 0.15) is 45.2 Å². The number of β-amino-alcohol motifs (C(OH)–C–C–N with tert-alkyl or cyclic N) is 1. The number of aliphatic hydroxyl groups excluding tert-OH is 1. The number of aryl methyl sites for hydroxylation is 1. The maximum atomic E-state index is 12.9. The van der Waals surface area contributed by atoms with Gasteiger partial charge in [0.1, 0.15) is 24.0 Å². The summed E-state index contributed by atoms with van der Waals surface area (Å²) in [6.07, 6.45) is 0.187. The van der Waals surface area contributed by atoms with E-state index >= 15 is 0 Å². The summed E-state index contributed by atoms with van der Waals surface area (Å²) in [5.41, 5.74) is 1.37. The topological polar surface area (TPSA) is 78.9 Å². The average molecular weight is 425 g/mol. The van der Waals surface area contributed by atoms with E-state index in [9.17, 15) is 14.7 Å². The number of imide groups is 1. The minimum absolute atomic E-state index is 0.00729. The number of nitrogens with zero attached hydrogens (tertiary/aromatic N) is 1. The zero-order valence-corrected chi connectivity index (χ0v) is 18.7. The molecule has 2 aromatic rings. The van der Waals surface area contributed by atoms with E-state index in [2.05, 4.69) is 26.1 Å². The van der Waals surface area contributed by atoms with Crippen molar-refractivity contribution in [2.24, 2.45) is 0 Å². The molecule has 2 atom stereocenters. The quantitative estimate of drug-likeness (QED) is 0.634. The van der Waals surface area contributed by atoms with Gasteiger partial charge in [0.05, 0.1) is 6.54 Å². The van der Waals surface area contributed by atoms with Crippen LogP contribution in [0.25, 0.3) is 0 Å². The van der Waals surface area contributed by atoms with Gasteiger partial charge in [0, 0.05) is 0 Å². The molecule has 0 aliphatic carbocycles. The Bertz CT molecular complexity index is 905. The summed E-state index contributed by atoms with van der Waals surface area (Å²) >= 11 is 0. The van der Waals surface area contributed by atoms with Crippen molar-refractivity contribution < 1.29 is 19.4 Å². The smallest absolute Gasteiger partial charge is 0.325 e. The summed E-state index contributed by atoms with van der Waals surface area (Å²) in [4.78, 5) is 26.4. The Balaban J connectivity index is 1.53. The molecule has 2 aromatic carbocycles. The zero-order valence-electron chi connectivity index (χ0n) is 18.7. The Kier molecular flexibility index (Phi) is 6.70. The first-order chi connectivity index (χ1) is 14.6. The largest absolute Gasteiger partial charge is 0.491 e. The third-order valence-corrected chi connectivity index (χ3v) is 5.66. The molecule has 166 valence electrons. The molecule has 3 rings (SSSR count). The van der Waals surface area contributed by atoms with E-state index in [0.717, 1.165) is 10.5 Å². The Hall–Kier alpha value is -2.86. The predicted molar refractivity (Wildman–Crippen MR) is 120 cm³/mol. The van der Waals surface area contributed by atoms with Crippen molar-refractivity contribution in [3.63, 3.8) is 0 Å². The van der Waals surface area contributed by atoms with Crippen LogP contribution in [0.5, 0.6) is 5.75 Å². The summed E-state index contributed by atoms with van der Waals surface area (Å²) in [5, 5.41) is 13.2. The first kappa shape index (κ1) is 22.8. The van der Waals surface area contributed by atoms with E-state index < -0.39 is 17.7 Å². The molecule has 0 radical (unpaired) electrons. The maximum Gasteiger partial charge on any atom is 0.325 e. The van der Waals surface area contributed by atoms with Gasteiger partial charge in [0.15, 0.2) is 0 Å². The molecule has 1 aliphatic rings. The van der Waals surface area contributed by atoms with Crippen LogP contribution in [0.15, 0.2) is 54.6 Å². The highest BCUT2D eigenvalue weighted by Gasteiger charge is 2.47. The number of hydrogen-bond acceptors (Lipinski definition) is 4. The van der Waals surface area contributed by atoms with Crippen molar-refractivity contribution in [3.05, 3.63) is 65.7 Å². The summed E-state index contributed by atoms with van der Waals surface area (Å²) in [6, 6.07) is 17.1. The van der Waals surface area contributed by atoms with E-state index in [0.29, 0.717) is 18.6 Å². The molecule has 0 spiro atoms. The number of carbonyl (C=O) groups excluding carboxylic acids is 2. The zero-order chi connectivity index (χ0) is 22.6. The molecule has 0 saturated carbocycles. The Morgan fingerprint density at radius 3 is 2.32 bits per heavy atom. The second-order valence-electron chi connectivity index (χ2n) is 9.40. The van der Waals surface area contributed by atoms with Crippen LogP contribution in [0.4, 0.5) is 4.79 Å². The van der Waals surface area contributed by atoms with Crippen LogP contribution in [0.2, 0.25) is 0 Å². The van der Waals surface area contributed by atoms with Crippen LogP contribution in [-0.4, -0.2) is 46.7 Å². The number of hydrogen-bond donors (Lipinski definition) is 2. The third kappa shape index (κ3) is 5.64. The van der Waals surface area contributed by atoms with Gasteiger partial charge >= 0.3 is 6.03 Å². The first-order valence-electron chi connectivity index (χ1n) is 10.7. The number of benzene rings is 2. The summed E-state index contributed by atoms with van der Waals surface area (Å²) < 4.78 is 5.65. The Morgan fingerprint density at radius 1 is 1.06 bits per heavy atom. The first-order valence-corrected chi connectivity index (χ1v) is 10.7. The fourth-order valence-electron chi connectivity index (χ4n) is 3.63. The third-order valence-electron chi connectivity index (χ3n) is 5.66. The molecule has 6 nitrogen and oxygen atoms in total. The fraction of sp³-hybridized carbons (Fsp3) is 0.440. The molecular weight excluding hydrogens is 392 g/mol. The second kappa shape index (κ2) is 9.10. The van der Waals surface area contributed by atoms with Crippen LogP contribution >= 0.6 is 0 Å². The number of carbonyl (C=O) groups is 2. The van der Waals surface area contributed by atoms with Crippen LogP contribution in [-0.2, 0) is 16.6 Å². The summed E-state index contributed by atoms with van der Waals surface area (Å²) in [6.45, 7) is 8.03. The normalized spacial score (nSPS) is 20.0. The lowest BCUT2D eigenvalue weighted by atomic mass is 9.87. The molecule has 0 bridgehead atoms. The summed E-state index contributed by atoms with van der Waals surface area (Å²) in [7, 11) is 0. The highest BCUT2D eigenvalue weighted by molar-refractivity contribution is 6.06. The fourth-order valence-corrected chi connectivity index (χ4v) is 3.63. The molecule has 0 aromatic heterocycles. The average Bonchev–Trinajstić information content (AvgIpc) is 2.94. The van der Waals surface area contributed by atoms with Crippen molar-refractivity contribution in [1.82, 2.24) is 10.2 Å². The maximum absolute atomic E-state index is 12.9. The number of aliphatic hydroxyl groups is 1. The Labute approximate surface area is 184 Å². The lowest BCUT2D eigenvalue weighted by Crippen LogP contribution is -2.45. The minimum atomic E-state index is -0.978. The van der Waals surface area contributed by atoms with Gasteiger partial charge < -0.3 is 15.2 Å². The van der Waals surface area contributed by atoms with Gasteiger partial charge in [-0.2, -0.15) is 0 Å². The van der Waals surface area contributed by atoms with Gasteiger partial charge in [-0.05, 0) is 48.4 Å². The number of nitrogens with one attached hydrogen (secondary N) is 1. The van der Waals surface area contributed by atoms with Gasteiger partial charge in [-0.3, -0.25) is 9.69 Å². The van der Waals surface area contributed by atoms with Gasteiger partial charge in [0.25, 0.3) is 5.91 Å². The van der Waals surface area contributed by atoms with E-state index in [1.165, 1.54) is 5.56 Å². The highest BCUT2D eigenvalue weighted by Crippen LogP contribution is 2.25. The number of urea groups is 1. The van der Waals surface area contributed by atoms with Crippen molar-refractivity contribution >= 4 is 11.9 Å². The molecule has 3 amide bonds. The molecule has 31 heavy (non-hydrogen) atoms. The van der Waals surface area contributed by atoms with Gasteiger partial charge in [0.2, 0.25) is 0 Å². The van der Waals surface area contributed by atoms with Crippen LogP contribution < -0.4 is 10.1 Å². The molecule has 1 heterocycles. The second-order valence-corrected chi connectivity index (χ2v) is 9.40. The van der Waals surface area contributed by atoms with Gasteiger partial charge in [-0.1, -0.05) is 63.2 Å². The van der Waals surface area contributed by atoms with Crippen molar-refractivity contribution in [1.29, 1.82) is 0 Å². The molecule has 2 N–H and O–H groups in total. The highest BCUT2D eigenvalue weighted by atomic mass is 16.5. The van der Waals surface area contributed by atoms with Crippen molar-refractivity contribution in [3.8, 4) is 5.75 Å². The van der Waals surface area contributed by atoms with Crippen molar-refractivity contribution in [2.45, 2.75) is 57.6 Å². The van der Waals surface area contributed by atoms with Crippen molar-refractivity contribution in [2.75, 3.05) is 13.2 Å². The predicted octanol–water partition coefficient (Wildman–Crippen LogP) is 3.67. The lowest BCUT2D eigenvalue weighted by Gasteiger charge is -2.23. The molecule has 6 heteroatoms. The molecular formula is C25H32N2O4. The van der Waals surface area contributed by atoms with Gasteiger partial charge in [-0.25, -0.2) is 4.79 Å². The Morgan fingerprint density at radius 2 is 1.71 bits per heavy atom. The summed E-state index contributed by atoms with van der Waals surface area (Å²) in [5.74, 6) is 0.318. The van der Waals surface area contributed by atoms with E-state index in [4.69, 9.17) is 4.74 Å². The minimum Gasteiger partial charge on any atom is -0.491 e. The van der Waals surface area contributed by atoms with Gasteiger partial charge in [-0.15, -0.1) is 0 Å². The monoisotopic (exact) mass is 424 g/mol. The number of rotatable bonds is 8.